The molecule has 0 spiro atoms. The fraction of sp³-hybridized carbons (Fsp3) is 0.762. The zero-order valence-corrected chi connectivity index (χ0v) is 15.6. The van der Waals surface area contributed by atoms with E-state index >= 15 is 0 Å². The summed E-state index contributed by atoms with van der Waals surface area (Å²) in [6.07, 6.45) is 10.1. The first-order valence-electron chi connectivity index (χ1n) is 9.14. The lowest BCUT2D eigenvalue weighted by atomic mass is 9.64. The number of ketones is 1. The molecule has 1 fully saturated rings. The van der Waals surface area contributed by atoms with Gasteiger partial charge in [0.05, 0.1) is 6.10 Å². The molecule has 0 saturated heterocycles. The van der Waals surface area contributed by atoms with Gasteiger partial charge in [-0.1, -0.05) is 44.6 Å². The van der Waals surface area contributed by atoms with Gasteiger partial charge in [-0.05, 0) is 56.3 Å². The van der Waals surface area contributed by atoms with Crippen LogP contribution in [0.3, 0.4) is 0 Å². The number of hydrogen-bond donors (Lipinski definition) is 0. The van der Waals surface area contributed by atoms with Crippen LogP contribution in [-0.4, -0.2) is 19.0 Å². The molecule has 0 radical (unpaired) electrons. The quantitative estimate of drug-likeness (QED) is 0.649. The smallest absolute Gasteiger partial charge is 0.146 e. The number of ether oxygens (including phenoxy) is 1. The first kappa shape index (κ1) is 17.0. The monoisotopic (exact) mass is 316 g/mol. The number of carbonyl (C=O) groups excluding carboxylic acids is 1. The van der Waals surface area contributed by atoms with Crippen molar-refractivity contribution < 1.29 is 9.53 Å². The number of rotatable bonds is 1. The average molecular weight is 316 g/mol. The molecule has 2 nitrogen and oxygen atoms in total. The number of allylic oxidation sites excluding steroid dienone is 4. The van der Waals surface area contributed by atoms with Crippen LogP contribution in [0.5, 0.6) is 0 Å². The van der Waals surface area contributed by atoms with Gasteiger partial charge in [0.1, 0.15) is 5.78 Å². The minimum absolute atomic E-state index is 0.0892. The molecule has 3 aliphatic carbocycles. The maximum absolute atomic E-state index is 13.6. The van der Waals surface area contributed by atoms with Crippen molar-refractivity contribution in [2.45, 2.75) is 60.0 Å². The normalized spacial score (nSPS) is 48.0. The fourth-order valence-electron chi connectivity index (χ4n) is 5.70. The van der Waals surface area contributed by atoms with Gasteiger partial charge < -0.3 is 4.74 Å². The average Bonchev–Trinajstić information content (AvgIpc) is 2.91. The van der Waals surface area contributed by atoms with E-state index in [1.165, 1.54) is 5.57 Å². The fourth-order valence-corrected chi connectivity index (χ4v) is 5.70. The molecule has 128 valence electrons. The van der Waals surface area contributed by atoms with Crippen molar-refractivity contribution in [1.82, 2.24) is 0 Å². The molecule has 0 heterocycles. The second-order valence-corrected chi connectivity index (χ2v) is 9.03. The molecule has 3 rings (SSSR count). The van der Waals surface area contributed by atoms with Crippen molar-refractivity contribution in [1.29, 1.82) is 0 Å². The molecule has 0 aliphatic heterocycles. The molecule has 0 aromatic carbocycles. The Kier molecular flexibility index (Phi) is 4.11. The third kappa shape index (κ3) is 2.54. The van der Waals surface area contributed by atoms with Gasteiger partial charge in [0.25, 0.3) is 0 Å². The van der Waals surface area contributed by atoms with E-state index in [0.29, 0.717) is 23.5 Å². The summed E-state index contributed by atoms with van der Waals surface area (Å²) < 4.78 is 5.81. The third-order valence-electron chi connectivity index (χ3n) is 7.01. The number of carbonyl (C=O) groups is 1. The molecule has 0 unspecified atom stereocenters. The van der Waals surface area contributed by atoms with E-state index in [2.05, 4.69) is 52.8 Å². The second-order valence-electron chi connectivity index (χ2n) is 9.03. The Hall–Kier alpha value is -0.890. The number of hydrogen-bond acceptors (Lipinski definition) is 2. The second kappa shape index (κ2) is 5.58. The third-order valence-corrected chi connectivity index (χ3v) is 7.01. The maximum Gasteiger partial charge on any atom is 0.146 e. The van der Waals surface area contributed by atoms with Gasteiger partial charge in [-0.25, -0.2) is 0 Å². The Balaban J connectivity index is 2.04. The Morgan fingerprint density at radius 2 is 1.91 bits per heavy atom. The summed E-state index contributed by atoms with van der Waals surface area (Å²) in [5.74, 6) is 1.78. The lowest BCUT2D eigenvalue weighted by Gasteiger charge is -2.38. The molecular weight excluding hydrogens is 284 g/mol. The summed E-state index contributed by atoms with van der Waals surface area (Å²) in [5.41, 5.74) is 1.19. The summed E-state index contributed by atoms with van der Waals surface area (Å²) in [7, 11) is 1.81. The molecule has 0 aromatic rings. The molecule has 0 aromatic heterocycles. The van der Waals surface area contributed by atoms with Crippen LogP contribution in [0.4, 0.5) is 0 Å². The molecular formula is C21H32O2. The molecule has 3 aliphatic rings. The van der Waals surface area contributed by atoms with E-state index in [9.17, 15) is 4.79 Å². The predicted octanol–water partition coefficient (Wildman–Crippen LogP) is 4.80. The maximum atomic E-state index is 13.6. The first-order chi connectivity index (χ1) is 10.7. The Bertz CT molecular complexity index is 556. The summed E-state index contributed by atoms with van der Waals surface area (Å²) in [5, 5.41) is 0. The van der Waals surface area contributed by atoms with Crippen LogP contribution in [0.15, 0.2) is 23.8 Å². The van der Waals surface area contributed by atoms with Gasteiger partial charge >= 0.3 is 0 Å². The van der Waals surface area contributed by atoms with E-state index < -0.39 is 0 Å². The van der Waals surface area contributed by atoms with Crippen molar-refractivity contribution in [3.63, 3.8) is 0 Å². The number of methoxy groups -OCH3 is 1. The van der Waals surface area contributed by atoms with Crippen LogP contribution >= 0.6 is 0 Å². The van der Waals surface area contributed by atoms with E-state index in [4.69, 9.17) is 4.74 Å². The van der Waals surface area contributed by atoms with Crippen molar-refractivity contribution >= 4 is 5.78 Å². The van der Waals surface area contributed by atoms with Crippen molar-refractivity contribution in [2.24, 2.45) is 34.5 Å². The molecule has 0 bridgehead atoms. The van der Waals surface area contributed by atoms with Crippen LogP contribution < -0.4 is 0 Å². The lowest BCUT2D eigenvalue weighted by Crippen LogP contribution is -2.41. The van der Waals surface area contributed by atoms with Gasteiger partial charge in [0.2, 0.25) is 0 Å². The van der Waals surface area contributed by atoms with Crippen LogP contribution in [0.25, 0.3) is 0 Å². The Labute approximate surface area is 141 Å². The van der Waals surface area contributed by atoms with Crippen molar-refractivity contribution in [3.8, 4) is 0 Å². The summed E-state index contributed by atoms with van der Waals surface area (Å²) >= 11 is 0. The summed E-state index contributed by atoms with van der Waals surface area (Å²) in [6, 6.07) is 0. The first-order valence-corrected chi connectivity index (χ1v) is 9.14. The van der Waals surface area contributed by atoms with Crippen molar-refractivity contribution in [3.05, 3.63) is 23.8 Å². The Morgan fingerprint density at radius 3 is 2.57 bits per heavy atom. The molecule has 1 saturated carbocycles. The number of Topliss-reactive ketones (excluding diaryl/α,β-unsaturated/α-hetero) is 1. The van der Waals surface area contributed by atoms with Gasteiger partial charge in [0, 0.05) is 18.4 Å². The van der Waals surface area contributed by atoms with E-state index in [1.54, 1.807) is 0 Å². The van der Waals surface area contributed by atoms with Crippen LogP contribution in [0.2, 0.25) is 0 Å². The standard InChI is InChI=1S/C21H32O2/c1-13-7-8-17-20(3,4)9-10-21(17,5)19(22)16-12-14(2)18(23-6)15(16)11-13/h7,9-10,14-18H,8,11-12H2,1-6H3/b13-7-/t14-,15+,16+,17+,18+,21-/m1/s1. The van der Waals surface area contributed by atoms with Gasteiger partial charge in [0.15, 0.2) is 0 Å². The summed E-state index contributed by atoms with van der Waals surface area (Å²) in [4.78, 5) is 13.6. The minimum atomic E-state index is -0.324. The predicted molar refractivity (Wildman–Crippen MR) is 94.1 cm³/mol. The van der Waals surface area contributed by atoms with Gasteiger partial charge in [-0.2, -0.15) is 0 Å². The highest BCUT2D eigenvalue weighted by Crippen LogP contribution is 2.55. The van der Waals surface area contributed by atoms with E-state index in [0.717, 1.165) is 19.3 Å². The van der Waals surface area contributed by atoms with E-state index in [-0.39, 0.29) is 22.9 Å². The molecule has 2 heteroatoms. The highest BCUT2D eigenvalue weighted by Gasteiger charge is 2.55. The Morgan fingerprint density at radius 1 is 1.22 bits per heavy atom. The molecule has 0 amide bonds. The van der Waals surface area contributed by atoms with E-state index in [1.807, 2.05) is 7.11 Å². The topological polar surface area (TPSA) is 26.3 Å². The van der Waals surface area contributed by atoms with Gasteiger partial charge in [-0.3, -0.25) is 4.79 Å². The van der Waals surface area contributed by atoms with Gasteiger partial charge in [-0.15, -0.1) is 0 Å². The van der Waals surface area contributed by atoms with Crippen LogP contribution in [-0.2, 0) is 9.53 Å². The molecule has 23 heavy (non-hydrogen) atoms. The number of fused-ring (bicyclic) bond motifs is 2. The van der Waals surface area contributed by atoms with Crippen molar-refractivity contribution in [2.75, 3.05) is 7.11 Å². The zero-order valence-electron chi connectivity index (χ0n) is 15.6. The highest BCUT2D eigenvalue weighted by molar-refractivity contribution is 5.90. The summed E-state index contributed by atoms with van der Waals surface area (Å²) in [6.45, 7) is 11.2. The zero-order chi connectivity index (χ0) is 17.0. The van der Waals surface area contributed by atoms with Crippen LogP contribution in [0.1, 0.15) is 53.9 Å². The minimum Gasteiger partial charge on any atom is -0.381 e. The molecule has 0 N–H and O–H groups in total. The largest absolute Gasteiger partial charge is 0.381 e. The van der Waals surface area contributed by atoms with Crippen LogP contribution in [0, 0.1) is 34.5 Å². The highest BCUT2D eigenvalue weighted by atomic mass is 16.5. The molecule has 6 atom stereocenters. The lowest BCUT2D eigenvalue weighted by molar-refractivity contribution is -0.134. The SMILES string of the molecule is CO[C@@H]1[C@H]2C/C(C)=C\C[C@H]3C(C)(C)C=C[C@@]3(C)C(=O)[C@H]2C[C@H]1C.